The summed E-state index contributed by atoms with van der Waals surface area (Å²) in [5, 5.41) is -0.213. The first-order valence-corrected chi connectivity index (χ1v) is 7.41. The summed E-state index contributed by atoms with van der Waals surface area (Å²) in [7, 11) is -3.67. The molecule has 1 aliphatic heterocycles. The summed E-state index contributed by atoms with van der Waals surface area (Å²) in [4.78, 5) is -0.0492. The van der Waals surface area contributed by atoms with Gasteiger partial charge in [0.1, 0.15) is 5.82 Å². The molecule has 0 saturated carbocycles. The Labute approximate surface area is 110 Å². The molecule has 1 aromatic carbocycles. The van der Waals surface area contributed by atoms with E-state index in [1.54, 1.807) is 0 Å². The summed E-state index contributed by atoms with van der Waals surface area (Å²) in [5.74, 6) is -0.644. The summed E-state index contributed by atoms with van der Waals surface area (Å²) in [6, 6.07) is 3.30. The second-order valence-electron chi connectivity index (χ2n) is 4.06. The fraction of sp³-hybridized carbons (Fsp3) is 0.455. The van der Waals surface area contributed by atoms with Crippen LogP contribution in [0.4, 0.5) is 4.39 Å². The lowest BCUT2D eigenvalue weighted by Gasteiger charge is -2.11. The van der Waals surface area contributed by atoms with Crippen molar-refractivity contribution in [1.82, 2.24) is 4.72 Å². The fourth-order valence-electron chi connectivity index (χ4n) is 1.74. The molecule has 0 spiro atoms. The van der Waals surface area contributed by atoms with E-state index < -0.39 is 15.8 Å². The summed E-state index contributed by atoms with van der Waals surface area (Å²) >= 11 is 5.56. The number of benzene rings is 1. The van der Waals surface area contributed by atoms with Crippen molar-refractivity contribution in [2.24, 2.45) is 0 Å². The Bertz CT molecular complexity index is 529. The summed E-state index contributed by atoms with van der Waals surface area (Å²) in [6.07, 6.45) is 1.69. The second-order valence-corrected chi connectivity index (χ2v) is 6.24. The Balaban J connectivity index is 2.07. The minimum absolute atomic E-state index is 0.0492. The highest BCUT2D eigenvalue weighted by Gasteiger charge is 2.20. The zero-order valence-electron chi connectivity index (χ0n) is 9.53. The largest absolute Gasteiger partial charge is 0.377 e. The van der Waals surface area contributed by atoms with Crippen molar-refractivity contribution in [3.05, 3.63) is 29.0 Å². The van der Waals surface area contributed by atoms with Gasteiger partial charge in [0.15, 0.2) is 0 Å². The molecule has 100 valence electrons. The number of hydrogen-bond donors (Lipinski definition) is 1. The van der Waals surface area contributed by atoms with Crippen molar-refractivity contribution >= 4 is 21.6 Å². The molecule has 1 fully saturated rings. The van der Waals surface area contributed by atoms with Crippen LogP contribution in [0.5, 0.6) is 0 Å². The van der Waals surface area contributed by atoms with Gasteiger partial charge in [0, 0.05) is 13.2 Å². The van der Waals surface area contributed by atoms with Crippen LogP contribution in [0.25, 0.3) is 0 Å². The molecule has 0 radical (unpaired) electrons. The molecule has 4 nitrogen and oxygen atoms in total. The minimum atomic E-state index is -3.67. The van der Waals surface area contributed by atoms with Gasteiger partial charge in [-0.3, -0.25) is 0 Å². The van der Waals surface area contributed by atoms with Crippen LogP contribution in [0.1, 0.15) is 12.8 Å². The van der Waals surface area contributed by atoms with E-state index >= 15 is 0 Å². The lowest BCUT2D eigenvalue weighted by atomic mass is 10.2. The zero-order valence-corrected chi connectivity index (χ0v) is 11.1. The quantitative estimate of drug-likeness (QED) is 0.923. The van der Waals surface area contributed by atoms with Gasteiger partial charge in [-0.25, -0.2) is 17.5 Å². The SMILES string of the molecule is O=S(=O)(NC[C@H]1CCCO1)c1ccc(F)c(Cl)c1. The van der Waals surface area contributed by atoms with Crippen LogP contribution in [0.3, 0.4) is 0 Å². The molecule has 1 N–H and O–H groups in total. The van der Waals surface area contributed by atoms with Gasteiger partial charge in [-0.2, -0.15) is 0 Å². The Kier molecular flexibility index (Phi) is 4.21. The van der Waals surface area contributed by atoms with Crippen molar-refractivity contribution in [2.45, 2.75) is 23.8 Å². The zero-order chi connectivity index (χ0) is 13.2. The van der Waals surface area contributed by atoms with E-state index in [1.165, 1.54) is 6.07 Å². The Morgan fingerprint density at radius 2 is 2.28 bits per heavy atom. The maximum Gasteiger partial charge on any atom is 0.240 e. The summed E-state index contributed by atoms with van der Waals surface area (Å²) < 4.78 is 44.5. The number of ether oxygens (including phenoxy) is 1. The van der Waals surface area contributed by atoms with Crippen molar-refractivity contribution < 1.29 is 17.5 Å². The first kappa shape index (κ1) is 13.7. The van der Waals surface area contributed by atoms with Crippen LogP contribution in [-0.2, 0) is 14.8 Å². The highest BCUT2D eigenvalue weighted by molar-refractivity contribution is 7.89. The minimum Gasteiger partial charge on any atom is -0.377 e. The van der Waals surface area contributed by atoms with Gasteiger partial charge < -0.3 is 4.74 Å². The Morgan fingerprint density at radius 3 is 2.89 bits per heavy atom. The van der Waals surface area contributed by atoms with Gasteiger partial charge in [0.2, 0.25) is 10.0 Å². The smallest absolute Gasteiger partial charge is 0.240 e. The third-order valence-electron chi connectivity index (χ3n) is 2.73. The average molecular weight is 294 g/mol. The Morgan fingerprint density at radius 1 is 1.50 bits per heavy atom. The van der Waals surface area contributed by atoms with Crippen LogP contribution in [-0.4, -0.2) is 27.7 Å². The van der Waals surface area contributed by atoms with E-state index in [1.807, 2.05) is 0 Å². The van der Waals surface area contributed by atoms with Crippen LogP contribution in [0, 0.1) is 5.82 Å². The number of rotatable bonds is 4. The molecule has 0 bridgehead atoms. The lowest BCUT2D eigenvalue weighted by Crippen LogP contribution is -2.31. The van der Waals surface area contributed by atoms with Crippen molar-refractivity contribution in [3.63, 3.8) is 0 Å². The maximum absolute atomic E-state index is 13.0. The van der Waals surface area contributed by atoms with Crippen LogP contribution in [0.2, 0.25) is 5.02 Å². The summed E-state index contributed by atoms with van der Waals surface area (Å²) in [6.45, 7) is 0.881. The van der Waals surface area contributed by atoms with Crippen molar-refractivity contribution in [2.75, 3.05) is 13.2 Å². The molecule has 0 aromatic heterocycles. The molecule has 7 heteroatoms. The van der Waals surface area contributed by atoms with Crippen LogP contribution in [0.15, 0.2) is 23.1 Å². The van der Waals surface area contributed by atoms with E-state index in [2.05, 4.69) is 4.72 Å². The molecular formula is C11H13ClFNO3S. The summed E-state index contributed by atoms with van der Waals surface area (Å²) in [5.41, 5.74) is 0. The molecular weight excluding hydrogens is 281 g/mol. The highest BCUT2D eigenvalue weighted by atomic mass is 35.5. The molecule has 0 aliphatic carbocycles. The van der Waals surface area contributed by atoms with Gasteiger partial charge in [-0.05, 0) is 31.0 Å². The van der Waals surface area contributed by atoms with Gasteiger partial charge in [0.25, 0.3) is 0 Å². The number of sulfonamides is 1. The van der Waals surface area contributed by atoms with Gasteiger partial charge >= 0.3 is 0 Å². The van der Waals surface area contributed by atoms with E-state index in [0.29, 0.717) is 6.61 Å². The molecule has 1 heterocycles. The molecule has 0 unspecified atom stereocenters. The number of nitrogens with one attached hydrogen (secondary N) is 1. The molecule has 1 saturated heterocycles. The molecule has 0 amide bonds. The third kappa shape index (κ3) is 3.20. The van der Waals surface area contributed by atoms with E-state index in [4.69, 9.17) is 16.3 Å². The third-order valence-corrected chi connectivity index (χ3v) is 4.44. The molecule has 2 rings (SSSR count). The standard InChI is InChI=1S/C11H13ClFNO3S/c12-10-6-9(3-4-11(10)13)18(15,16)14-7-8-2-1-5-17-8/h3-4,6,8,14H,1-2,5,7H2/t8-/m1/s1. The topological polar surface area (TPSA) is 55.4 Å². The monoisotopic (exact) mass is 293 g/mol. The fourth-order valence-corrected chi connectivity index (χ4v) is 3.07. The maximum atomic E-state index is 13.0. The predicted molar refractivity (Wildman–Crippen MR) is 65.6 cm³/mol. The van der Waals surface area contributed by atoms with E-state index in [9.17, 15) is 12.8 Å². The van der Waals surface area contributed by atoms with Crippen molar-refractivity contribution in [3.8, 4) is 0 Å². The van der Waals surface area contributed by atoms with Gasteiger partial charge in [-0.15, -0.1) is 0 Å². The predicted octanol–water partition coefficient (Wildman–Crippen LogP) is 1.94. The second kappa shape index (κ2) is 5.52. The number of halogens is 2. The van der Waals surface area contributed by atoms with Crippen LogP contribution < -0.4 is 4.72 Å². The van der Waals surface area contributed by atoms with Gasteiger partial charge in [0.05, 0.1) is 16.0 Å². The van der Waals surface area contributed by atoms with Crippen LogP contribution >= 0.6 is 11.6 Å². The van der Waals surface area contributed by atoms with E-state index in [-0.39, 0.29) is 22.6 Å². The Hall–Kier alpha value is -0.690. The van der Waals surface area contributed by atoms with Crippen molar-refractivity contribution in [1.29, 1.82) is 0 Å². The normalized spacial score (nSPS) is 20.2. The molecule has 18 heavy (non-hydrogen) atoms. The molecule has 1 aromatic rings. The molecule has 1 aliphatic rings. The van der Waals surface area contributed by atoms with Gasteiger partial charge in [-0.1, -0.05) is 11.6 Å². The molecule has 1 atom stereocenters. The lowest BCUT2D eigenvalue weighted by molar-refractivity contribution is 0.114. The number of hydrogen-bond acceptors (Lipinski definition) is 3. The average Bonchev–Trinajstić information content (AvgIpc) is 2.83. The highest BCUT2D eigenvalue weighted by Crippen LogP contribution is 2.19. The first-order chi connectivity index (χ1) is 8.49. The first-order valence-electron chi connectivity index (χ1n) is 5.55. The van der Waals surface area contributed by atoms with E-state index in [0.717, 1.165) is 25.0 Å².